The second kappa shape index (κ2) is 8.54. The first-order valence-corrected chi connectivity index (χ1v) is 8.83. The van der Waals surface area contributed by atoms with Gasteiger partial charge in [-0.2, -0.15) is 0 Å². The van der Waals surface area contributed by atoms with Gasteiger partial charge in [0.25, 0.3) is 5.91 Å². The molecule has 5 heteroatoms. The lowest BCUT2D eigenvalue weighted by Crippen LogP contribution is -2.28. The van der Waals surface area contributed by atoms with Crippen molar-refractivity contribution in [3.63, 3.8) is 0 Å². The summed E-state index contributed by atoms with van der Waals surface area (Å²) in [6.45, 7) is 2.49. The highest BCUT2D eigenvalue weighted by Gasteiger charge is 2.09. The van der Waals surface area contributed by atoms with Crippen LogP contribution in [0.1, 0.15) is 22.5 Å². The summed E-state index contributed by atoms with van der Waals surface area (Å²) in [6.07, 6.45) is 0.906. The minimum Gasteiger partial charge on any atom is -0.497 e. The Morgan fingerprint density at radius 3 is 2.73 bits per heavy atom. The maximum atomic E-state index is 12.3. The van der Waals surface area contributed by atoms with E-state index in [1.165, 1.54) is 5.56 Å². The quantitative estimate of drug-likeness (QED) is 0.611. The highest BCUT2D eigenvalue weighted by Crippen LogP contribution is 2.21. The minimum absolute atomic E-state index is 0.0779. The molecule has 0 spiro atoms. The molecule has 0 bridgehead atoms. The topological polar surface area (TPSA) is 57.4 Å². The van der Waals surface area contributed by atoms with Crippen molar-refractivity contribution >= 4 is 16.8 Å². The van der Waals surface area contributed by atoms with Gasteiger partial charge in [-0.15, -0.1) is 0 Å². The molecule has 0 saturated heterocycles. The number of carbonyl (C=O) groups is 1. The zero-order valence-electron chi connectivity index (χ0n) is 15.3. The van der Waals surface area contributed by atoms with Gasteiger partial charge in [-0.05, 0) is 43.8 Å². The maximum absolute atomic E-state index is 12.3. The average molecular weight is 351 g/mol. The normalized spacial score (nSPS) is 11.0. The Morgan fingerprint density at radius 1 is 1.15 bits per heavy atom. The molecule has 0 aliphatic rings. The number of aromatic amines is 1. The number of hydrogen-bond acceptors (Lipinski definition) is 3. The molecule has 1 amide bonds. The van der Waals surface area contributed by atoms with Gasteiger partial charge in [-0.25, -0.2) is 0 Å². The second-order valence-corrected chi connectivity index (χ2v) is 6.47. The molecule has 0 radical (unpaired) electrons. The van der Waals surface area contributed by atoms with Crippen molar-refractivity contribution in [2.24, 2.45) is 0 Å². The van der Waals surface area contributed by atoms with E-state index >= 15 is 0 Å². The fourth-order valence-corrected chi connectivity index (χ4v) is 2.98. The van der Waals surface area contributed by atoms with E-state index in [1.807, 2.05) is 30.3 Å². The smallest absolute Gasteiger partial charge is 0.267 e. The Bertz CT molecular complexity index is 858. The summed E-state index contributed by atoms with van der Waals surface area (Å²) in [6, 6.07) is 18.0. The summed E-state index contributed by atoms with van der Waals surface area (Å²) < 4.78 is 5.21. The summed E-state index contributed by atoms with van der Waals surface area (Å²) in [5.74, 6) is 0.693. The minimum atomic E-state index is -0.0779. The lowest BCUT2D eigenvalue weighted by atomic mass is 10.2. The highest BCUT2D eigenvalue weighted by atomic mass is 16.5. The van der Waals surface area contributed by atoms with Crippen LogP contribution in [0.3, 0.4) is 0 Å². The first-order chi connectivity index (χ1) is 12.7. The van der Waals surface area contributed by atoms with Crippen LogP contribution in [0.4, 0.5) is 0 Å². The molecule has 1 heterocycles. The summed E-state index contributed by atoms with van der Waals surface area (Å²) >= 11 is 0. The molecule has 5 nitrogen and oxygen atoms in total. The summed E-state index contributed by atoms with van der Waals surface area (Å²) in [4.78, 5) is 17.7. The number of H-pyrrole nitrogens is 1. The molecule has 26 heavy (non-hydrogen) atoms. The van der Waals surface area contributed by atoms with Crippen molar-refractivity contribution in [3.8, 4) is 5.75 Å². The molecule has 0 unspecified atom stereocenters. The lowest BCUT2D eigenvalue weighted by molar-refractivity contribution is 0.0947. The van der Waals surface area contributed by atoms with Crippen molar-refractivity contribution in [2.75, 3.05) is 27.2 Å². The SMILES string of the molecule is COc1ccc2cc(C(=O)NCCCN(C)Cc3ccccc3)[nH]c2c1. The van der Waals surface area contributed by atoms with Crippen molar-refractivity contribution in [2.45, 2.75) is 13.0 Å². The van der Waals surface area contributed by atoms with Gasteiger partial charge in [-0.1, -0.05) is 30.3 Å². The molecule has 0 saturated carbocycles. The zero-order valence-corrected chi connectivity index (χ0v) is 15.3. The molecule has 0 atom stereocenters. The third-order valence-electron chi connectivity index (χ3n) is 4.37. The fraction of sp³-hybridized carbons (Fsp3) is 0.286. The predicted octanol–water partition coefficient (Wildman–Crippen LogP) is 3.43. The van der Waals surface area contributed by atoms with Crippen molar-refractivity contribution < 1.29 is 9.53 Å². The molecular weight excluding hydrogens is 326 g/mol. The molecule has 136 valence electrons. The maximum Gasteiger partial charge on any atom is 0.267 e. The Morgan fingerprint density at radius 2 is 1.96 bits per heavy atom. The van der Waals surface area contributed by atoms with Crippen LogP contribution in [-0.2, 0) is 6.54 Å². The van der Waals surface area contributed by atoms with Gasteiger partial charge in [0.2, 0.25) is 0 Å². The molecule has 2 N–H and O–H groups in total. The molecule has 2 aromatic carbocycles. The molecule has 0 fully saturated rings. The van der Waals surface area contributed by atoms with E-state index in [0.717, 1.165) is 36.2 Å². The number of rotatable bonds is 8. The number of benzene rings is 2. The number of amides is 1. The summed E-state index contributed by atoms with van der Waals surface area (Å²) in [7, 11) is 3.73. The van der Waals surface area contributed by atoms with Crippen LogP contribution < -0.4 is 10.1 Å². The summed E-state index contributed by atoms with van der Waals surface area (Å²) in [5, 5.41) is 3.98. The lowest BCUT2D eigenvalue weighted by Gasteiger charge is -2.16. The van der Waals surface area contributed by atoms with Gasteiger partial charge >= 0.3 is 0 Å². The van der Waals surface area contributed by atoms with Gasteiger partial charge in [0.1, 0.15) is 11.4 Å². The van der Waals surface area contributed by atoms with Gasteiger partial charge in [0, 0.05) is 30.1 Å². The van der Waals surface area contributed by atoms with Gasteiger partial charge in [-0.3, -0.25) is 4.79 Å². The molecule has 0 aliphatic heterocycles. The largest absolute Gasteiger partial charge is 0.497 e. The number of ether oxygens (including phenoxy) is 1. The third kappa shape index (κ3) is 4.64. The Hall–Kier alpha value is -2.79. The molecule has 3 aromatic rings. The predicted molar refractivity (Wildman–Crippen MR) is 105 cm³/mol. The van der Waals surface area contributed by atoms with Crippen molar-refractivity contribution in [3.05, 3.63) is 65.9 Å². The number of fused-ring (bicyclic) bond motifs is 1. The first-order valence-electron chi connectivity index (χ1n) is 8.83. The van der Waals surface area contributed by atoms with Gasteiger partial charge in [0.15, 0.2) is 0 Å². The van der Waals surface area contributed by atoms with E-state index in [-0.39, 0.29) is 5.91 Å². The standard InChI is InChI=1S/C21H25N3O2/c1-24(15-16-7-4-3-5-8-16)12-6-11-22-21(25)20-13-17-9-10-18(26-2)14-19(17)23-20/h3-5,7-10,13-14,23H,6,11-12,15H2,1-2H3,(H,22,25). The van der Waals surface area contributed by atoms with E-state index < -0.39 is 0 Å². The Labute approximate surface area is 154 Å². The number of aromatic nitrogens is 1. The molecular formula is C21H25N3O2. The number of nitrogens with zero attached hydrogens (tertiary/aromatic N) is 1. The van der Waals surface area contributed by atoms with Crippen LogP contribution in [0.25, 0.3) is 10.9 Å². The fourth-order valence-electron chi connectivity index (χ4n) is 2.98. The van der Waals surface area contributed by atoms with Crippen LogP contribution in [0.15, 0.2) is 54.6 Å². The number of methoxy groups -OCH3 is 1. The number of hydrogen-bond donors (Lipinski definition) is 2. The van der Waals surface area contributed by atoms with Crippen molar-refractivity contribution in [1.29, 1.82) is 0 Å². The van der Waals surface area contributed by atoms with Crippen LogP contribution >= 0.6 is 0 Å². The van der Waals surface area contributed by atoms with Gasteiger partial charge in [0.05, 0.1) is 7.11 Å². The zero-order chi connectivity index (χ0) is 18.4. The third-order valence-corrected chi connectivity index (χ3v) is 4.37. The van der Waals surface area contributed by atoms with Crippen LogP contribution in [0.2, 0.25) is 0 Å². The van der Waals surface area contributed by atoms with E-state index in [4.69, 9.17) is 4.74 Å². The van der Waals surface area contributed by atoms with E-state index in [2.05, 4.69) is 46.5 Å². The molecule has 3 rings (SSSR count). The average Bonchev–Trinajstić information content (AvgIpc) is 3.09. The summed E-state index contributed by atoms with van der Waals surface area (Å²) in [5.41, 5.74) is 2.77. The van der Waals surface area contributed by atoms with E-state index in [9.17, 15) is 4.79 Å². The Kier molecular flexibility index (Phi) is 5.92. The van der Waals surface area contributed by atoms with E-state index in [0.29, 0.717) is 12.2 Å². The van der Waals surface area contributed by atoms with Gasteiger partial charge < -0.3 is 19.9 Å². The van der Waals surface area contributed by atoms with Crippen molar-refractivity contribution in [1.82, 2.24) is 15.2 Å². The Balaban J connectivity index is 1.45. The van der Waals surface area contributed by atoms with Crippen LogP contribution in [-0.4, -0.2) is 43.0 Å². The number of carbonyl (C=O) groups excluding carboxylic acids is 1. The monoisotopic (exact) mass is 351 g/mol. The second-order valence-electron chi connectivity index (χ2n) is 6.47. The van der Waals surface area contributed by atoms with Crippen LogP contribution in [0.5, 0.6) is 5.75 Å². The highest BCUT2D eigenvalue weighted by molar-refractivity contribution is 5.98. The molecule has 0 aliphatic carbocycles. The first kappa shape index (κ1) is 18.0. The van der Waals surface area contributed by atoms with E-state index in [1.54, 1.807) is 7.11 Å². The molecule has 1 aromatic heterocycles. The number of nitrogens with one attached hydrogen (secondary N) is 2. The van der Waals surface area contributed by atoms with Crippen LogP contribution in [0, 0.1) is 0 Å².